The van der Waals surface area contributed by atoms with Gasteiger partial charge >= 0.3 is 0 Å². The number of carbonyl (C=O) groups is 1. The summed E-state index contributed by atoms with van der Waals surface area (Å²) in [5, 5.41) is 5.00. The summed E-state index contributed by atoms with van der Waals surface area (Å²) in [5.74, 6) is 0.369. The second-order valence-corrected chi connectivity index (χ2v) is 5.61. The number of thiophene rings is 1. The molecule has 3 N–H and O–H groups in total. The van der Waals surface area contributed by atoms with Gasteiger partial charge in [-0.3, -0.25) is 4.79 Å². The zero-order chi connectivity index (χ0) is 12.2. The zero-order valence-corrected chi connectivity index (χ0v) is 10.9. The Labute approximate surface area is 101 Å². The van der Waals surface area contributed by atoms with E-state index in [9.17, 15) is 4.79 Å². The van der Waals surface area contributed by atoms with E-state index in [1.54, 1.807) is 11.3 Å². The Balaban J connectivity index is 2.56. The Morgan fingerprint density at radius 1 is 1.62 bits per heavy atom. The molecule has 0 aliphatic carbocycles. The van der Waals surface area contributed by atoms with E-state index in [1.807, 2.05) is 24.4 Å². The number of rotatable bonds is 5. The van der Waals surface area contributed by atoms with E-state index in [4.69, 9.17) is 5.73 Å². The highest BCUT2D eigenvalue weighted by Crippen LogP contribution is 2.16. The van der Waals surface area contributed by atoms with Crippen LogP contribution in [0.2, 0.25) is 0 Å². The van der Waals surface area contributed by atoms with Crippen LogP contribution in [0.4, 0.5) is 0 Å². The van der Waals surface area contributed by atoms with Crippen LogP contribution in [-0.4, -0.2) is 18.0 Å². The summed E-state index contributed by atoms with van der Waals surface area (Å²) in [6, 6.07) is 3.93. The quantitative estimate of drug-likeness (QED) is 0.824. The van der Waals surface area contributed by atoms with Gasteiger partial charge in [0, 0.05) is 11.4 Å². The molecule has 0 bridgehead atoms. The number of hydrogen-bond acceptors (Lipinski definition) is 3. The monoisotopic (exact) mass is 240 g/mol. The Hall–Kier alpha value is -0.870. The van der Waals surface area contributed by atoms with Gasteiger partial charge in [-0.25, -0.2) is 0 Å². The largest absolute Gasteiger partial charge is 0.349 e. The van der Waals surface area contributed by atoms with Gasteiger partial charge in [0.2, 0.25) is 5.91 Å². The number of hydrogen-bond donors (Lipinski definition) is 2. The van der Waals surface area contributed by atoms with Crippen molar-refractivity contribution in [3.05, 3.63) is 22.4 Å². The second-order valence-electron chi connectivity index (χ2n) is 4.58. The van der Waals surface area contributed by atoms with Gasteiger partial charge in [0.15, 0.2) is 0 Å². The molecule has 0 fully saturated rings. The molecule has 0 aliphatic heterocycles. The third kappa shape index (κ3) is 3.32. The van der Waals surface area contributed by atoms with Crippen molar-refractivity contribution in [3.8, 4) is 0 Å². The maximum Gasteiger partial charge on any atom is 0.225 e. The summed E-state index contributed by atoms with van der Waals surface area (Å²) < 4.78 is 0. The predicted octanol–water partition coefficient (Wildman–Crippen LogP) is 1.78. The van der Waals surface area contributed by atoms with Crippen molar-refractivity contribution in [2.24, 2.45) is 11.7 Å². The molecule has 1 heterocycles. The van der Waals surface area contributed by atoms with Crippen LogP contribution in [0.1, 0.15) is 25.6 Å². The normalized spacial score (nSPS) is 14.8. The molecule has 1 amide bonds. The molecular weight excluding hydrogens is 220 g/mol. The lowest BCUT2D eigenvalue weighted by Crippen LogP contribution is -2.55. The van der Waals surface area contributed by atoms with Crippen LogP contribution in [-0.2, 0) is 11.2 Å². The van der Waals surface area contributed by atoms with Crippen LogP contribution in [0.5, 0.6) is 0 Å². The van der Waals surface area contributed by atoms with Gasteiger partial charge in [-0.2, -0.15) is 0 Å². The van der Waals surface area contributed by atoms with Crippen LogP contribution in [0.3, 0.4) is 0 Å². The van der Waals surface area contributed by atoms with Gasteiger partial charge in [-0.15, -0.1) is 11.3 Å². The van der Waals surface area contributed by atoms with Gasteiger partial charge in [-0.1, -0.05) is 19.9 Å². The van der Waals surface area contributed by atoms with Crippen LogP contribution < -0.4 is 11.1 Å². The van der Waals surface area contributed by atoms with Gasteiger partial charge in [0.05, 0.1) is 12.0 Å². The first-order chi connectivity index (χ1) is 7.48. The van der Waals surface area contributed by atoms with Crippen LogP contribution in [0, 0.1) is 5.92 Å². The molecule has 1 unspecified atom stereocenters. The fourth-order valence-corrected chi connectivity index (χ4v) is 2.07. The van der Waals surface area contributed by atoms with Crippen molar-refractivity contribution in [3.63, 3.8) is 0 Å². The Bertz CT molecular complexity index is 335. The van der Waals surface area contributed by atoms with E-state index in [2.05, 4.69) is 19.2 Å². The number of amides is 1. The molecule has 0 aliphatic rings. The van der Waals surface area contributed by atoms with E-state index < -0.39 is 0 Å². The summed E-state index contributed by atoms with van der Waals surface area (Å²) >= 11 is 1.60. The third-order valence-corrected chi connectivity index (χ3v) is 3.91. The highest BCUT2D eigenvalue weighted by Gasteiger charge is 2.28. The Morgan fingerprint density at radius 2 is 2.31 bits per heavy atom. The van der Waals surface area contributed by atoms with Gasteiger partial charge in [-0.05, 0) is 24.3 Å². The highest BCUT2D eigenvalue weighted by atomic mass is 32.1. The van der Waals surface area contributed by atoms with Crippen molar-refractivity contribution in [1.29, 1.82) is 0 Å². The lowest BCUT2D eigenvalue weighted by Gasteiger charge is -2.33. The minimum Gasteiger partial charge on any atom is -0.349 e. The SMILES string of the molecule is CC(C)C(C)(CN)NC(=O)Cc1cccs1. The van der Waals surface area contributed by atoms with Crippen molar-refractivity contribution >= 4 is 17.2 Å². The molecule has 0 saturated carbocycles. The molecule has 90 valence electrons. The molecule has 1 aromatic rings. The molecule has 0 radical (unpaired) electrons. The van der Waals surface area contributed by atoms with Gasteiger partial charge in [0.1, 0.15) is 0 Å². The van der Waals surface area contributed by atoms with E-state index in [0.29, 0.717) is 18.9 Å². The third-order valence-electron chi connectivity index (χ3n) is 3.04. The second kappa shape index (κ2) is 5.46. The average Bonchev–Trinajstić information content (AvgIpc) is 2.69. The topological polar surface area (TPSA) is 55.1 Å². The Kier molecular flexibility index (Phi) is 4.50. The summed E-state index contributed by atoms with van der Waals surface area (Å²) in [6.45, 7) is 6.58. The molecule has 4 heteroatoms. The summed E-state index contributed by atoms with van der Waals surface area (Å²) in [5.41, 5.74) is 5.41. The molecular formula is C12H20N2OS. The minimum atomic E-state index is -0.311. The predicted molar refractivity (Wildman–Crippen MR) is 68.5 cm³/mol. The molecule has 16 heavy (non-hydrogen) atoms. The van der Waals surface area contributed by atoms with Crippen molar-refractivity contribution in [2.45, 2.75) is 32.7 Å². The van der Waals surface area contributed by atoms with E-state index in [0.717, 1.165) is 4.88 Å². The van der Waals surface area contributed by atoms with Crippen LogP contribution in [0.25, 0.3) is 0 Å². The number of nitrogens with one attached hydrogen (secondary N) is 1. The van der Waals surface area contributed by atoms with E-state index >= 15 is 0 Å². The molecule has 0 aromatic carbocycles. The lowest BCUT2D eigenvalue weighted by molar-refractivity contribution is -0.122. The number of carbonyl (C=O) groups excluding carboxylic acids is 1. The fourth-order valence-electron chi connectivity index (χ4n) is 1.37. The lowest BCUT2D eigenvalue weighted by atomic mass is 9.88. The van der Waals surface area contributed by atoms with E-state index in [-0.39, 0.29) is 11.4 Å². The first-order valence-electron chi connectivity index (χ1n) is 5.51. The molecule has 1 rings (SSSR count). The van der Waals surface area contributed by atoms with Crippen LogP contribution in [0.15, 0.2) is 17.5 Å². The molecule has 3 nitrogen and oxygen atoms in total. The summed E-state index contributed by atoms with van der Waals surface area (Å²) in [7, 11) is 0. The van der Waals surface area contributed by atoms with Crippen molar-refractivity contribution in [1.82, 2.24) is 5.32 Å². The van der Waals surface area contributed by atoms with Crippen LogP contribution >= 0.6 is 11.3 Å². The highest BCUT2D eigenvalue weighted by molar-refractivity contribution is 7.10. The molecule has 1 aromatic heterocycles. The van der Waals surface area contributed by atoms with Crippen molar-refractivity contribution < 1.29 is 4.79 Å². The summed E-state index contributed by atoms with van der Waals surface area (Å²) in [4.78, 5) is 12.9. The maximum atomic E-state index is 11.8. The first-order valence-corrected chi connectivity index (χ1v) is 6.39. The Morgan fingerprint density at radius 3 is 2.75 bits per heavy atom. The number of nitrogens with two attached hydrogens (primary N) is 1. The van der Waals surface area contributed by atoms with Gasteiger partial charge < -0.3 is 11.1 Å². The average molecular weight is 240 g/mol. The molecule has 0 saturated heterocycles. The molecule has 0 spiro atoms. The van der Waals surface area contributed by atoms with Crippen molar-refractivity contribution in [2.75, 3.05) is 6.54 Å². The smallest absolute Gasteiger partial charge is 0.225 e. The summed E-state index contributed by atoms with van der Waals surface area (Å²) in [6.07, 6.45) is 0.444. The molecule has 1 atom stereocenters. The maximum absolute atomic E-state index is 11.8. The van der Waals surface area contributed by atoms with E-state index in [1.165, 1.54) is 0 Å². The minimum absolute atomic E-state index is 0.0455. The zero-order valence-electron chi connectivity index (χ0n) is 10.1. The first kappa shape index (κ1) is 13.2. The standard InChI is InChI=1S/C12H20N2OS/c1-9(2)12(3,8-13)14-11(15)7-10-5-4-6-16-10/h4-6,9H,7-8,13H2,1-3H3,(H,14,15). The van der Waals surface area contributed by atoms with Gasteiger partial charge in [0.25, 0.3) is 0 Å². The fraction of sp³-hybridized carbons (Fsp3) is 0.583.